The van der Waals surface area contributed by atoms with Gasteiger partial charge < -0.3 is 9.47 Å². The van der Waals surface area contributed by atoms with Crippen LogP contribution >= 0.6 is 11.8 Å². The van der Waals surface area contributed by atoms with E-state index in [1.54, 1.807) is 0 Å². The highest BCUT2D eigenvalue weighted by molar-refractivity contribution is 7.99. The molecule has 21 heavy (non-hydrogen) atoms. The van der Waals surface area contributed by atoms with Crippen molar-refractivity contribution in [2.75, 3.05) is 6.61 Å². The van der Waals surface area contributed by atoms with Gasteiger partial charge in [0.05, 0.1) is 6.10 Å². The molecular formula is C18H18O2S. The average Bonchev–Trinajstić information content (AvgIpc) is 2.56. The van der Waals surface area contributed by atoms with Crippen LogP contribution < -0.4 is 4.74 Å². The van der Waals surface area contributed by atoms with Crippen molar-refractivity contribution in [3.8, 4) is 5.75 Å². The molecule has 0 spiro atoms. The van der Waals surface area contributed by atoms with Crippen LogP contribution in [0.25, 0.3) is 0 Å². The minimum absolute atomic E-state index is 0.132. The van der Waals surface area contributed by atoms with Crippen LogP contribution in [0.1, 0.15) is 24.5 Å². The third kappa shape index (κ3) is 2.56. The number of rotatable bonds is 2. The third-order valence-corrected chi connectivity index (χ3v) is 5.40. The van der Waals surface area contributed by atoms with Gasteiger partial charge in [0, 0.05) is 23.0 Å². The van der Waals surface area contributed by atoms with Crippen LogP contribution in [0, 0.1) is 5.92 Å². The van der Waals surface area contributed by atoms with Gasteiger partial charge in [-0.25, -0.2) is 0 Å². The quantitative estimate of drug-likeness (QED) is 0.803. The van der Waals surface area contributed by atoms with Gasteiger partial charge in [0.2, 0.25) is 0 Å². The van der Waals surface area contributed by atoms with Crippen molar-refractivity contribution < 1.29 is 9.47 Å². The largest absolute Gasteiger partial charge is 0.479 e. The lowest BCUT2D eigenvalue weighted by Gasteiger charge is -2.41. The van der Waals surface area contributed by atoms with Gasteiger partial charge in [-0.3, -0.25) is 0 Å². The molecule has 0 aromatic heterocycles. The van der Waals surface area contributed by atoms with Gasteiger partial charge in [-0.2, -0.15) is 0 Å². The lowest BCUT2D eigenvalue weighted by Crippen LogP contribution is -2.37. The van der Waals surface area contributed by atoms with E-state index in [0.29, 0.717) is 5.92 Å². The predicted octanol–water partition coefficient (Wildman–Crippen LogP) is 4.67. The van der Waals surface area contributed by atoms with Crippen LogP contribution in [0.15, 0.2) is 59.5 Å². The van der Waals surface area contributed by atoms with Crippen LogP contribution in [0.2, 0.25) is 0 Å². The number of fused-ring (bicyclic) bond motifs is 3. The van der Waals surface area contributed by atoms with Crippen LogP contribution in [0.5, 0.6) is 5.75 Å². The average molecular weight is 298 g/mol. The molecule has 3 atom stereocenters. The molecule has 2 aromatic rings. The Morgan fingerprint density at radius 2 is 1.76 bits per heavy atom. The number of benzene rings is 2. The Kier molecular flexibility index (Phi) is 3.62. The summed E-state index contributed by atoms with van der Waals surface area (Å²) in [6.07, 6.45) is 2.48. The van der Waals surface area contributed by atoms with Crippen LogP contribution in [-0.2, 0) is 4.74 Å². The molecule has 1 fully saturated rings. The van der Waals surface area contributed by atoms with Crippen molar-refractivity contribution in [2.24, 2.45) is 5.92 Å². The van der Waals surface area contributed by atoms with Crippen molar-refractivity contribution in [3.05, 3.63) is 60.2 Å². The lowest BCUT2D eigenvalue weighted by atomic mass is 9.87. The number of ether oxygens (including phenoxy) is 2. The molecular weight excluding hydrogens is 280 g/mol. The molecule has 0 bridgehead atoms. The Morgan fingerprint density at radius 1 is 0.952 bits per heavy atom. The maximum absolute atomic E-state index is 6.29. The molecule has 2 aromatic carbocycles. The Balaban J connectivity index is 1.65. The fourth-order valence-electron chi connectivity index (χ4n) is 3.18. The minimum atomic E-state index is 0.132. The van der Waals surface area contributed by atoms with Gasteiger partial charge in [-0.05, 0) is 31.0 Å². The smallest absolute Gasteiger partial charge is 0.154 e. The van der Waals surface area contributed by atoms with E-state index in [4.69, 9.17) is 9.47 Å². The minimum Gasteiger partial charge on any atom is -0.479 e. The fourth-order valence-corrected chi connectivity index (χ4v) is 4.37. The summed E-state index contributed by atoms with van der Waals surface area (Å²) in [5, 5.41) is 0. The molecule has 2 aliphatic rings. The summed E-state index contributed by atoms with van der Waals surface area (Å²) in [6.45, 7) is 0.859. The van der Waals surface area contributed by atoms with E-state index >= 15 is 0 Å². The van der Waals surface area contributed by atoms with Gasteiger partial charge in [-0.1, -0.05) is 48.2 Å². The molecule has 3 heteroatoms. The summed E-state index contributed by atoms with van der Waals surface area (Å²) in [7, 11) is 0. The molecule has 2 nitrogen and oxygen atoms in total. The number of hydrogen-bond acceptors (Lipinski definition) is 3. The van der Waals surface area contributed by atoms with E-state index in [1.165, 1.54) is 16.9 Å². The molecule has 2 heterocycles. The second-order valence-electron chi connectivity index (χ2n) is 5.55. The summed E-state index contributed by atoms with van der Waals surface area (Å²) >= 11 is 1.81. The topological polar surface area (TPSA) is 18.5 Å². The first kappa shape index (κ1) is 13.2. The van der Waals surface area contributed by atoms with Crippen LogP contribution in [-0.4, -0.2) is 12.0 Å². The zero-order valence-electron chi connectivity index (χ0n) is 11.8. The molecule has 0 amide bonds. The first-order valence-corrected chi connectivity index (χ1v) is 8.39. The first-order chi connectivity index (χ1) is 10.4. The first-order valence-electron chi connectivity index (χ1n) is 7.51. The van der Waals surface area contributed by atoms with Crippen molar-refractivity contribution in [1.29, 1.82) is 0 Å². The molecule has 0 saturated carbocycles. The third-order valence-electron chi connectivity index (χ3n) is 4.18. The molecule has 2 aliphatic heterocycles. The maximum Gasteiger partial charge on any atom is 0.154 e. The van der Waals surface area contributed by atoms with E-state index < -0.39 is 0 Å². The van der Waals surface area contributed by atoms with E-state index in [2.05, 4.69) is 42.5 Å². The van der Waals surface area contributed by atoms with E-state index in [1.807, 2.05) is 23.9 Å². The van der Waals surface area contributed by atoms with E-state index in [9.17, 15) is 0 Å². The van der Waals surface area contributed by atoms with Crippen molar-refractivity contribution in [2.45, 2.75) is 29.3 Å². The molecule has 108 valence electrons. The van der Waals surface area contributed by atoms with Crippen LogP contribution in [0.3, 0.4) is 0 Å². The normalized spacial score (nSPS) is 27.3. The van der Waals surface area contributed by atoms with Crippen molar-refractivity contribution in [1.82, 2.24) is 0 Å². The standard InChI is InChI=1S/C18H18O2S/c1-2-7-13(8-3-1)21-18-15-10-6-12-19-17(15)14-9-4-5-11-16(14)20-18/h1-5,7-9,11,15,17-18H,6,10,12H2/t15-,17-,18+/m0/s1. The summed E-state index contributed by atoms with van der Waals surface area (Å²) in [5.74, 6) is 1.41. The summed E-state index contributed by atoms with van der Waals surface area (Å²) in [4.78, 5) is 1.26. The summed E-state index contributed by atoms with van der Waals surface area (Å²) < 4.78 is 12.4. The molecule has 4 rings (SSSR count). The Labute approximate surface area is 129 Å². The molecule has 0 aliphatic carbocycles. The van der Waals surface area contributed by atoms with Gasteiger partial charge >= 0.3 is 0 Å². The van der Waals surface area contributed by atoms with Crippen molar-refractivity contribution in [3.63, 3.8) is 0 Å². The SMILES string of the molecule is c1ccc(S[C@H]2Oc3ccccc3[C@@H]3OCCC[C@H]23)cc1. The van der Waals surface area contributed by atoms with Gasteiger partial charge in [0.15, 0.2) is 5.44 Å². The van der Waals surface area contributed by atoms with Crippen molar-refractivity contribution >= 4 is 11.8 Å². The highest BCUT2D eigenvalue weighted by Gasteiger charge is 2.41. The number of para-hydroxylation sites is 1. The number of thioether (sulfide) groups is 1. The monoisotopic (exact) mass is 298 g/mol. The summed E-state index contributed by atoms with van der Waals surface area (Å²) in [5.41, 5.74) is 1.35. The second kappa shape index (κ2) is 5.74. The highest BCUT2D eigenvalue weighted by Crippen LogP contribution is 2.48. The Bertz CT molecular complexity index is 614. The molecule has 0 unspecified atom stereocenters. The second-order valence-corrected chi connectivity index (χ2v) is 6.72. The zero-order chi connectivity index (χ0) is 14.1. The van der Waals surface area contributed by atoms with Gasteiger partial charge in [0.1, 0.15) is 5.75 Å². The van der Waals surface area contributed by atoms with E-state index in [-0.39, 0.29) is 11.5 Å². The zero-order valence-corrected chi connectivity index (χ0v) is 12.6. The lowest BCUT2D eigenvalue weighted by molar-refractivity contribution is -0.0631. The fraction of sp³-hybridized carbons (Fsp3) is 0.333. The van der Waals surface area contributed by atoms with Gasteiger partial charge in [-0.15, -0.1) is 0 Å². The predicted molar refractivity (Wildman–Crippen MR) is 84.6 cm³/mol. The number of hydrogen-bond donors (Lipinski definition) is 0. The molecule has 0 radical (unpaired) electrons. The molecule has 1 saturated heterocycles. The Morgan fingerprint density at radius 3 is 2.67 bits per heavy atom. The Hall–Kier alpha value is -1.45. The van der Waals surface area contributed by atoms with Gasteiger partial charge in [0.25, 0.3) is 0 Å². The summed E-state index contributed by atoms with van der Waals surface area (Å²) in [6, 6.07) is 18.8. The van der Waals surface area contributed by atoms with E-state index in [0.717, 1.165) is 18.8 Å². The highest BCUT2D eigenvalue weighted by atomic mass is 32.2. The van der Waals surface area contributed by atoms with Crippen LogP contribution in [0.4, 0.5) is 0 Å². The maximum atomic E-state index is 6.29. The molecule has 0 N–H and O–H groups in total.